The molecule has 0 saturated carbocycles. The summed E-state index contributed by atoms with van der Waals surface area (Å²) in [6.45, 7) is 18.5. The number of morpholine rings is 2. The Hall–Kier alpha value is -2.07. The third-order valence-corrected chi connectivity index (χ3v) is 8.95. The first-order chi connectivity index (χ1) is 24.1. The van der Waals surface area contributed by atoms with E-state index in [1.54, 1.807) is 5.06 Å². The Morgan fingerprint density at radius 1 is 0.686 bits per heavy atom. The number of hydroxylamine groups is 4. The average Bonchev–Trinajstić information content (AvgIpc) is 3.68. The molecule has 0 aromatic rings. The molecule has 0 aliphatic carbocycles. The molecule has 6 aliphatic heterocycles. The van der Waals surface area contributed by atoms with Gasteiger partial charge in [-0.2, -0.15) is 10.1 Å². The van der Waals surface area contributed by atoms with E-state index < -0.39 is 60.4 Å². The van der Waals surface area contributed by atoms with Gasteiger partial charge in [-0.25, -0.2) is 0 Å². The first kappa shape index (κ1) is 40.1. The van der Waals surface area contributed by atoms with Crippen LogP contribution in [0.3, 0.4) is 0 Å². The van der Waals surface area contributed by atoms with E-state index in [-0.39, 0.29) is 36.9 Å². The summed E-state index contributed by atoms with van der Waals surface area (Å²) < 4.78 is 61.8. The Morgan fingerprint density at radius 3 is 1.80 bits per heavy atom. The summed E-state index contributed by atoms with van der Waals surface area (Å²) in [5, 5.41) is 3.64. The van der Waals surface area contributed by atoms with Crippen molar-refractivity contribution in [2.75, 3.05) is 65.8 Å². The molecule has 0 bridgehead atoms. The Kier molecular flexibility index (Phi) is 13.7. The molecule has 18 nitrogen and oxygen atoms in total. The molecule has 6 saturated heterocycles. The minimum absolute atomic E-state index is 0.0377. The lowest BCUT2D eigenvalue weighted by Gasteiger charge is -2.45. The van der Waals surface area contributed by atoms with Crippen molar-refractivity contribution in [3.8, 4) is 0 Å². The lowest BCUT2D eigenvalue weighted by molar-refractivity contribution is -0.332. The second kappa shape index (κ2) is 17.4. The summed E-state index contributed by atoms with van der Waals surface area (Å²) in [5.74, 6) is -3.22. The molecule has 10 atom stereocenters. The minimum atomic E-state index is -1.17. The molecular weight excluding hydrogens is 680 g/mol. The molecule has 292 valence electrons. The van der Waals surface area contributed by atoms with Gasteiger partial charge >= 0.3 is 17.9 Å². The summed E-state index contributed by atoms with van der Waals surface area (Å²) in [6.07, 6.45) is -4.97. The maximum atomic E-state index is 11.6. The quantitative estimate of drug-likeness (QED) is 0.238. The standard InChI is InChI=1S/C17H27NO9.C16H27NO7/c1-10-14(9-23-11(2)19)26-17(25-13(4)21)16(24-12(3)20)15(10)27-18-5-7-22-8-6-18;1-15(2)19-9-10(21-15)11-12(24-17-5-7-18-8-6-17)13-14(20-11)23-16(3,4)22-13/h10,14-17H,5-9H2,1-4H3;10-14H,5-9H2,1-4H3/t10-,14?,15+,16?,17?;10-,11-,12?,13+,14-/m11/s1. The van der Waals surface area contributed by atoms with Gasteiger partial charge < -0.3 is 52.1 Å². The van der Waals surface area contributed by atoms with Gasteiger partial charge in [0.25, 0.3) is 0 Å². The van der Waals surface area contributed by atoms with Crippen LogP contribution in [0.1, 0.15) is 55.4 Å². The molecule has 0 N–H and O–H groups in total. The number of hydrogen-bond donors (Lipinski definition) is 0. The van der Waals surface area contributed by atoms with Crippen LogP contribution in [0.2, 0.25) is 0 Å². The van der Waals surface area contributed by atoms with E-state index in [9.17, 15) is 14.4 Å². The van der Waals surface area contributed by atoms with Gasteiger partial charge in [0.05, 0.1) is 33.0 Å². The molecular formula is C33H54N2O16. The molecule has 0 aromatic heterocycles. The lowest BCUT2D eigenvalue weighted by atomic mass is 9.90. The maximum Gasteiger partial charge on any atom is 0.305 e. The monoisotopic (exact) mass is 734 g/mol. The van der Waals surface area contributed by atoms with E-state index in [1.807, 2.05) is 39.7 Å². The normalized spacial score (nSPS) is 37.9. The van der Waals surface area contributed by atoms with Gasteiger partial charge in [0.15, 0.2) is 24.0 Å². The number of fused-ring (bicyclic) bond motifs is 1. The molecule has 0 amide bonds. The predicted molar refractivity (Wildman–Crippen MR) is 170 cm³/mol. The zero-order valence-corrected chi connectivity index (χ0v) is 30.8. The van der Waals surface area contributed by atoms with Gasteiger partial charge in [0.1, 0.15) is 43.2 Å². The van der Waals surface area contributed by atoms with E-state index >= 15 is 0 Å². The van der Waals surface area contributed by atoms with Crippen LogP contribution in [0.5, 0.6) is 0 Å². The Labute approximate surface area is 298 Å². The van der Waals surface area contributed by atoms with E-state index in [1.165, 1.54) is 20.8 Å². The fraction of sp³-hybridized carbons (Fsp3) is 0.909. The van der Waals surface area contributed by atoms with Gasteiger partial charge in [-0.05, 0) is 27.7 Å². The highest BCUT2D eigenvalue weighted by Gasteiger charge is 2.59. The zero-order valence-electron chi connectivity index (χ0n) is 30.8. The third-order valence-electron chi connectivity index (χ3n) is 8.95. The smallest absolute Gasteiger partial charge is 0.305 e. The number of ether oxygens (including phenoxy) is 11. The molecule has 0 spiro atoms. The van der Waals surface area contributed by atoms with Crippen molar-refractivity contribution in [2.45, 2.75) is 122 Å². The van der Waals surface area contributed by atoms with Crippen LogP contribution in [-0.4, -0.2) is 161 Å². The minimum Gasteiger partial charge on any atom is -0.463 e. The van der Waals surface area contributed by atoms with Crippen LogP contribution in [0.4, 0.5) is 0 Å². The molecule has 18 heteroatoms. The van der Waals surface area contributed by atoms with E-state index in [0.717, 1.165) is 13.1 Å². The summed E-state index contributed by atoms with van der Waals surface area (Å²) in [4.78, 5) is 46.6. The SMILES string of the molecule is CC(=O)OCC1OC(OC(C)=O)C(OC(C)=O)[C@@H](ON2CCOCC2)[C@@H]1C.CC1(C)OC[C@H]([C@H]2O[C@@H]3OC(C)(C)O[C@H]3C2ON2CCOCC2)O1. The van der Waals surface area contributed by atoms with Crippen LogP contribution in [0.25, 0.3) is 0 Å². The Morgan fingerprint density at radius 2 is 1.27 bits per heavy atom. The van der Waals surface area contributed by atoms with E-state index in [2.05, 4.69) is 0 Å². The highest BCUT2D eigenvalue weighted by atomic mass is 16.9. The van der Waals surface area contributed by atoms with Crippen molar-refractivity contribution in [2.24, 2.45) is 5.92 Å². The summed E-state index contributed by atoms with van der Waals surface area (Å²) in [7, 11) is 0. The zero-order chi connectivity index (χ0) is 36.9. The highest BCUT2D eigenvalue weighted by Crippen LogP contribution is 2.42. The van der Waals surface area contributed by atoms with Crippen molar-refractivity contribution in [1.82, 2.24) is 10.1 Å². The first-order valence-corrected chi connectivity index (χ1v) is 17.6. The molecule has 4 unspecified atom stereocenters. The molecule has 0 aromatic carbocycles. The highest BCUT2D eigenvalue weighted by molar-refractivity contribution is 5.67. The fourth-order valence-electron chi connectivity index (χ4n) is 6.61. The van der Waals surface area contributed by atoms with Crippen LogP contribution < -0.4 is 0 Å². The lowest BCUT2D eigenvalue weighted by Crippen LogP contribution is -2.60. The molecule has 51 heavy (non-hydrogen) atoms. The number of esters is 3. The molecule has 6 rings (SSSR count). The number of carbonyl (C=O) groups is 3. The predicted octanol–water partition coefficient (Wildman–Crippen LogP) is 0.684. The maximum absolute atomic E-state index is 11.6. The number of rotatable bonds is 9. The number of hydrogen-bond acceptors (Lipinski definition) is 18. The largest absolute Gasteiger partial charge is 0.463 e. The first-order valence-electron chi connectivity index (χ1n) is 17.6. The van der Waals surface area contributed by atoms with Crippen LogP contribution >= 0.6 is 0 Å². The van der Waals surface area contributed by atoms with Gasteiger partial charge in [0, 0.05) is 52.9 Å². The average molecular weight is 735 g/mol. The van der Waals surface area contributed by atoms with E-state index in [4.69, 9.17) is 61.8 Å². The number of nitrogens with zero attached hydrogens (tertiary/aromatic N) is 2. The van der Waals surface area contributed by atoms with Crippen molar-refractivity contribution in [3.63, 3.8) is 0 Å². The Balaban J connectivity index is 0.000000199. The second-order valence-corrected chi connectivity index (χ2v) is 14.0. The van der Waals surface area contributed by atoms with Gasteiger partial charge in [0.2, 0.25) is 6.29 Å². The summed E-state index contributed by atoms with van der Waals surface area (Å²) in [6, 6.07) is 0. The van der Waals surface area contributed by atoms with Crippen LogP contribution in [0.15, 0.2) is 0 Å². The molecule has 6 heterocycles. The molecule has 0 radical (unpaired) electrons. The molecule has 6 aliphatic rings. The van der Waals surface area contributed by atoms with Gasteiger partial charge in [-0.1, -0.05) is 6.92 Å². The summed E-state index contributed by atoms with van der Waals surface area (Å²) in [5.41, 5.74) is 0. The van der Waals surface area contributed by atoms with Gasteiger partial charge in [-0.3, -0.25) is 24.1 Å². The third kappa shape index (κ3) is 11.0. The molecule has 6 fully saturated rings. The van der Waals surface area contributed by atoms with Crippen molar-refractivity contribution >= 4 is 17.9 Å². The topological polar surface area (TPSA) is 178 Å². The van der Waals surface area contributed by atoms with Crippen molar-refractivity contribution in [1.29, 1.82) is 0 Å². The van der Waals surface area contributed by atoms with Gasteiger partial charge in [-0.15, -0.1) is 0 Å². The second-order valence-electron chi connectivity index (χ2n) is 14.0. The van der Waals surface area contributed by atoms with Crippen molar-refractivity contribution in [3.05, 3.63) is 0 Å². The van der Waals surface area contributed by atoms with Crippen molar-refractivity contribution < 1.29 is 76.2 Å². The number of carbonyl (C=O) groups excluding carboxylic acids is 3. The fourth-order valence-corrected chi connectivity index (χ4v) is 6.61. The van der Waals surface area contributed by atoms with Crippen LogP contribution in [-0.2, 0) is 76.2 Å². The Bertz CT molecular complexity index is 1180. The van der Waals surface area contributed by atoms with Crippen LogP contribution in [0, 0.1) is 5.92 Å². The van der Waals surface area contributed by atoms with E-state index in [0.29, 0.717) is 46.1 Å². The summed E-state index contributed by atoms with van der Waals surface area (Å²) >= 11 is 0.